The molecule has 0 spiro atoms. The Morgan fingerprint density at radius 1 is 0.578 bits per heavy atom. The predicted octanol–water partition coefficient (Wildman–Crippen LogP) is 4.09. The van der Waals surface area contributed by atoms with Crippen molar-refractivity contribution in [2.75, 3.05) is 9.80 Å². The Labute approximate surface area is 256 Å². The van der Waals surface area contributed by atoms with Crippen molar-refractivity contribution in [1.29, 1.82) is 0 Å². The van der Waals surface area contributed by atoms with Crippen molar-refractivity contribution in [3.8, 4) is 0 Å². The van der Waals surface area contributed by atoms with E-state index in [-0.39, 0.29) is 33.6 Å². The summed E-state index contributed by atoms with van der Waals surface area (Å²) in [6.07, 6.45) is 0. The maximum atomic E-state index is 14.1. The molecule has 0 atom stereocenters. The van der Waals surface area contributed by atoms with Gasteiger partial charge in [0.2, 0.25) is 11.6 Å². The first-order chi connectivity index (χ1) is 21.2. The first-order valence-electron chi connectivity index (χ1n) is 13.1. The van der Waals surface area contributed by atoms with Crippen LogP contribution in [0.1, 0.15) is 47.0 Å². The van der Waals surface area contributed by atoms with E-state index in [1.807, 2.05) is 0 Å². The molecule has 2 N–H and O–H groups in total. The van der Waals surface area contributed by atoms with Crippen molar-refractivity contribution in [2.45, 2.75) is 16.7 Å². The van der Waals surface area contributed by atoms with E-state index in [2.05, 4.69) is 0 Å². The van der Waals surface area contributed by atoms with E-state index >= 15 is 0 Å². The van der Waals surface area contributed by atoms with Gasteiger partial charge >= 0.3 is 0 Å². The lowest BCUT2D eigenvalue weighted by molar-refractivity contribution is 0.0953. The highest BCUT2D eigenvalue weighted by Crippen LogP contribution is 2.44. The highest BCUT2D eigenvalue weighted by Gasteiger charge is 2.47. The summed E-state index contributed by atoms with van der Waals surface area (Å²) in [5.74, 6) is -3.46. The van der Waals surface area contributed by atoms with E-state index in [1.54, 1.807) is 13.0 Å². The Hall–Kier alpha value is -5.28. The third-order valence-corrected chi connectivity index (χ3v) is 8.99. The van der Waals surface area contributed by atoms with Crippen LogP contribution in [0.4, 0.5) is 11.4 Å². The van der Waals surface area contributed by atoms with Crippen LogP contribution in [0.25, 0.3) is 0 Å². The van der Waals surface area contributed by atoms with Gasteiger partial charge in [0.25, 0.3) is 32.1 Å². The van der Waals surface area contributed by atoms with Crippen molar-refractivity contribution in [3.63, 3.8) is 0 Å². The van der Waals surface area contributed by atoms with E-state index in [0.29, 0.717) is 5.56 Å². The number of carbonyl (C=O) groups is 4. The van der Waals surface area contributed by atoms with Gasteiger partial charge in [0.05, 0.1) is 21.2 Å². The maximum Gasteiger partial charge on any atom is 0.294 e. The maximum absolute atomic E-state index is 14.1. The number of fused-ring (bicyclic) bond motifs is 2. The molecule has 0 saturated heterocycles. The number of hydrogen-bond donors (Lipinski definition) is 2. The lowest BCUT2D eigenvalue weighted by atomic mass is 10.1. The number of para-hydroxylation sites is 1. The molecule has 2 aliphatic heterocycles. The first-order valence-corrected chi connectivity index (χ1v) is 15.9. The average molecular weight is 645 g/mol. The third-order valence-electron chi connectivity index (χ3n) is 7.29. The van der Waals surface area contributed by atoms with E-state index in [1.165, 1.54) is 60.7 Å². The molecular formula is C31H20N2O10S2. The predicted molar refractivity (Wildman–Crippen MR) is 159 cm³/mol. The molecule has 0 saturated carbocycles. The average Bonchev–Trinajstić information content (AvgIpc) is 3.45. The van der Waals surface area contributed by atoms with Gasteiger partial charge in [-0.05, 0) is 67.6 Å². The van der Waals surface area contributed by atoms with Crippen molar-refractivity contribution in [1.82, 2.24) is 0 Å². The van der Waals surface area contributed by atoms with Crippen molar-refractivity contribution >= 4 is 55.0 Å². The third kappa shape index (κ3) is 4.95. The summed E-state index contributed by atoms with van der Waals surface area (Å²) in [4.78, 5) is 57.0. The second-order valence-electron chi connectivity index (χ2n) is 10.2. The summed E-state index contributed by atoms with van der Waals surface area (Å²) >= 11 is 0. The minimum absolute atomic E-state index is 0.0139. The molecular weight excluding hydrogens is 624 g/mol. The summed E-state index contributed by atoms with van der Waals surface area (Å²) < 4.78 is 66.4. The van der Waals surface area contributed by atoms with E-state index in [9.17, 15) is 45.1 Å². The van der Waals surface area contributed by atoms with Crippen LogP contribution in [-0.2, 0) is 20.2 Å². The van der Waals surface area contributed by atoms with Gasteiger partial charge in [0, 0.05) is 22.3 Å². The fourth-order valence-electron chi connectivity index (χ4n) is 5.27. The molecule has 226 valence electrons. The van der Waals surface area contributed by atoms with Gasteiger partial charge < -0.3 is 0 Å². The van der Waals surface area contributed by atoms with Gasteiger partial charge in [-0.3, -0.25) is 38.1 Å². The van der Waals surface area contributed by atoms with Crippen LogP contribution >= 0.6 is 0 Å². The molecule has 0 unspecified atom stereocenters. The number of ketones is 2. The topological polar surface area (TPSA) is 183 Å². The fraction of sp³-hybridized carbons (Fsp3) is 0.0323. The zero-order valence-corrected chi connectivity index (χ0v) is 24.7. The monoisotopic (exact) mass is 644 g/mol. The number of Topliss-reactive ketones (excluding diaryl/α,β-unsaturated/α-hetero) is 2. The summed E-state index contributed by atoms with van der Waals surface area (Å²) in [6, 6.07) is 19.4. The van der Waals surface area contributed by atoms with E-state index in [4.69, 9.17) is 0 Å². The smallest absolute Gasteiger partial charge is 0.287 e. The highest BCUT2D eigenvalue weighted by molar-refractivity contribution is 7.86. The molecule has 4 aromatic carbocycles. The van der Waals surface area contributed by atoms with Gasteiger partial charge in [0.15, 0.2) is 0 Å². The minimum atomic E-state index is -4.72. The molecule has 0 fully saturated rings. The zero-order chi connectivity index (χ0) is 32.4. The highest BCUT2D eigenvalue weighted by atomic mass is 32.2. The number of benzene rings is 4. The number of nitrogens with zero attached hydrogens (tertiary/aromatic N) is 2. The first kappa shape index (κ1) is 29.8. The molecule has 0 aliphatic carbocycles. The lowest BCUT2D eigenvalue weighted by Gasteiger charge is -2.24. The molecule has 2 amide bonds. The van der Waals surface area contributed by atoms with Gasteiger partial charge in [-0.2, -0.15) is 16.8 Å². The van der Waals surface area contributed by atoms with Crippen LogP contribution in [0.15, 0.2) is 112 Å². The van der Waals surface area contributed by atoms with Crippen molar-refractivity contribution in [3.05, 3.63) is 130 Å². The summed E-state index contributed by atoms with van der Waals surface area (Å²) in [5.41, 5.74) is -0.731. The molecule has 0 aromatic heterocycles. The number of rotatable bonds is 4. The molecule has 6 rings (SSSR count). The molecule has 0 bridgehead atoms. The molecule has 14 heteroatoms. The molecule has 0 radical (unpaired) electrons. The van der Waals surface area contributed by atoms with Gasteiger partial charge in [-0.15, -0.1) is 0 Å². The molecule has 2 heterocycles. The number of aryl methyl sites for hydroxylation is 1. The fourth-order valence-corrected chi connectivity index (χ4v) is 6.33. The van der Waals surface area contributed by atoms with Crippen LogP contribution < -0.4 is 9.80 Å². The number of allylic oxidation sites excluding steroid dienone is 2. The Morgan fingerprint density at radius 2 is 1.04 bits per heavy atom. The normalized spacial score (nSPS) is 16.2. The largest absolute Gasteiger partial charge is 0.294 e. The van der Waals surface area contributed by atoms with Crippen LogP contribution in [-0.4, -0.2) is 49.3 Å². The Balaban J connectivity index is 1.62. The SMILES string of the molecule is Cc1ccc2c(c1)C(=O)/C(=C1/C(=O)c3ccccc3N1C(=O)c1cccc(S(=O)(=O)O)c1)N2C(=O)c1cccc(S(=O)(=O)O)c1. The van der Waals surface area contributed by atoms with Crippen LogP contribution in [0.2, 0.25) is 0 Å². The Kier molecular flexibility index (Phi) is 6.89. The lowest BCUT2D eigenvalue weighted by Crippen LogP contribution is -2.36. The minimum Gasteiger partial charge on any atom is -0.287 e. The summed E-state index contributed by atoms with van der Waals surface area (Å²) in [7, 11) is -9.43. The van der Waals surface area contributed by atoms with Gasteiger partial charge in [0.1, 0.15) is 11.4 Å². The zero-order valence-electron chi connectivity index (χ0n) is 23.0. The summed E-state index contributed by atoms with van der Waals surface area (Å²) in [5, 5.41) is 0. The second-order valence-corrected chi connectivity index (χ2v) is 13.0. The molecule has 45 heavy (non-hydrogen) atoms. The molecule has 12 nitrogen and oxygen atoms in total. The Bertz CT molecular complexity index is 2270. The van der Waals surface area contributed by atoms with Crippen LogP contribution in [0.5, 0.6) is 0 Å². The van der Waals surface area contributed by atoms with Crippen molar-refractivity contribution < 1.29 is 45.1 Å². The number of amides is 2. The van der Waals surface area contributed by atoms with Gasteiger partial charge in [-0.25, -0.2) is 0 Å². The van der Waals surface area contributed by atoms with Gasteiger partial charge in [-0.1, -0.05) is 35.9 Å². The number of carbonyl (C=O) groups excluding carboxylic acids is 4. The van der Waals surface area contributed by atoms with Crippen LogP contribution in [0, 0.1) is 6.92 Å². The summed E-state index contributed by atoms with van der Waals surface area (Å²) in [6.45, 7) is 1.70. The van der Waals surface area contributed by atoms with E-state index in [0.717, 1.165) is 34.1 Å². The number of anilines is 2. The molecule has 4 aromatic rings. The van der Waals surface area contributed by atoms with Crippen LogP contribution in [0.3, 0.4) is 0 Å². The molecule has 2 aliphatic rings. The standard InChI is InChI=1S/C31H20N2O10S2/c1-17-12-13-25-23(14-17)29(35)27(33(25)31(37)19-7-5-9-21(16-19)45(41,42)43)26-28(34)22-10-2-3-11-24(22)32(26)30(36)18-6-4-8-20(15-18)44(38,39)40/h2-16H,1H3,(H,38,39,40)(H,41,42,43)/b27-26+. The quantitative estimate of drug-likeness (QED) is 0.242. The van der Waals surface area contributed by atoms with E-state index < -0.39 is 64.8 Å². The second kappa shape index (κ2) is 10.4. The Morgan fingerprint density at radius 3 is 1.56 bits per heavy atom. The van der Waals surface area contributed by atoms with Crippen molar-refractivity contribution in [2.24, 2.45) is 0 Å². The number of hydrogen-bond acceptors (Lipinski definition) is 8.